The van der Waals surface area contributed by atoms with Crippen molar-refractivity contribution >= 4 is 17.7 Å². The van der Waals surface area contributed by atoms with Gasteiger partial charge in [-0.15, -0.1) is 0 Å². The zero-order valence-corrected chi connectivity index (χ0v) is 42.6. The number of hydrogen-bond donors (Lipinski definition) is 5. The molecule has 67 heavy (non-hydrogen) atoms. The van der Waals surface area contributed by atoms with Gasteiger partial charge in [0.15, 0.2) is 18.7 Å². The molecule has 5 fully saturated rings. The number of rotatable bonds is 10. The van der Waals surface area contributed by atoms with E-state index in [0.717, 1.165) is 38.4 Å². The maximum atomic E-state index is 14.6. The number of para-hydroxylation sites is 1. The van der Waals surface area contributed by atoms with Crippen LogP contribution in [-0.4, -0.2) is 197 Å². The van der Waals surface area contributed by atoms with Gasteiger partial charge in [-0.1, -0.05) is 45.9 Å². The lowest BCUT2D eigenvalue weighted by atomic mass is 9.74. The Labute approximate surface area is 399 Å². The lowest BCUT2D eigenvalue weighted by Gasteiger charge is -2.55. The van der Waals surface area contributed by atoms with Gasteiger partial charge in [-0.3, -0.25) is 9.69 Å². The van der Waals surface area contributed by atoms with E-state index in [0.29, 0.717) is 25.5 Å². The molecule has 1 aromatic carbocycles. The molecule has 1 aromatic rings. The third-order valence-electron chi connectivity index (χ3n) is 15.9. The van der Waals surface area contributed by atoms with Crippen molar-refractivity contribution in [1.82, 2.24) is 20.0 Å². The van der Waals surface area contributed by atoms with Crippen molar-refractivity contribution in [3.8, 4) is 0 Å². The monoisotopic (exact) mass is 948 g/mol. The topological polar surface area (TPSA) is 197 Å². The first-order valence-electron chi connectivity index (χ1n) is 24.9. The summed E-state index contributed by atoms with van der Waals surface area (Å²) >= 11 is 0. The van der Waals surface area contributed by atoms with Gasteiger partial charge < -0.3 is 68.7 Å². The summed E-state index contributed by atoms with van der Waals surface area (Å²) in [6, 6.07) is 9.25. The quantitative estimate of drug-likeness (QED) is 0.213. The Kier molecular flexibility index (Phi) is 17.6. The number of fused-ring (bicyclic) bond motifs is 1. The number of esters is 1. The van der Waals surface area contributed by atoms with Crippen LogP contribution in [-0.2, 0) is 38.0 Å². The number of aliphatic hydroxyl groups is 4. The summed E-state index contributed by atoms with van der Waals surface area (Å²) < 4.78 is 46.4. The van der Waals surface area contributed by atoms with E-state index in [-0.39, 0.29) is 37.3 Å². The van der Waals surface area contributed by atoms with E-state index in [2.05, 4.69) is 22.0 Å². The van der Waals surface area contributed by atoms with Crippen LogP contribution >= 0.6 is 0 Å². The van der Waals surface area contributed by atoms with Gasteiger partial charge in [0.1, 0.15) is 29.0 Å². The number of piperazine rings is 1. The van der Waals surface area contributed by atoms with Gasteiger partial charge >= 0.3 is 5.97 Å². The third-order valence-corrected chi connectivity index (χ3v) is 15.9. The van der Waals surface area contributed by atoms with E-state index in [9.17, 15) is 25.2 Å². The molecule has 17 nitrogen and oxygen atoms in total. The van der Waals surface area contributed by atoms with Crippen molar-refractivity contribution in [2.45, 2.75) is 192 Å². The summed E-state index contributed by atoms with van der Waals surface area (Å²) in [6.07, 6.45) is -6.84. The standard InChI is InChI=1S/C50H85N5O12/c1-14-38-49(11,59)42(56)34(7)51-28-30(3)26-47(9,58)43(67-45-41-37(25-31(4)62-45)53(12)46(66-41)52-36-19-17-16-18-20-36)32(5)40(33(6)44(57)64-38)65-39-27-48(10,61-13)50(60,35(8)63-39)29-55-23-21-54(15-2)22-24-55/h16-20,30-35,37-43,45,51,56,58-60H,14-15,21-29H2,1-13H3/t30-,31-,32+,33-,34-,35+,37+,38-,39+,40+,41-,42-,43-,45+,47-,48-,49-,50+/m1/s1. The van der Waals surface area contributed by atoms with Crippen LogP contribution in [0.3, 0.4) is 0 Å². The minimum absolute atomic E-state index is 0.113. The molecule has 6 rings (SSSR count). The highest BCUT2D eigenvalue weighted by atomic mass is 16.7. The van der Waals surface area contributed by atoms with Crippen molar-refractivity contribution in [1.29, 1.82) is 0 Å². The highest BCUT2D eigenvalue weighted by molar-refractivity contribution is 5.79. The summed E-state index contributed by atoms with van der Waals surface area (Å²) in [5.74, 6) is -2.63. The first kappa shape index (κ1) is 53.8. The molecule has 0 amide bonds. The van der Waals surface area contributed by atoms with E-state index in [1.807, 2.05) is 76.9 Å². The van der Waals surface area contributed by atoms with Crippen LogP contribution in [0.4, 0.5) is 5.69 Å². The van der Waals surface area contributed by atoms with Crippen LogP contribution in [0.1, 0.15) is 102 Å². The van der Waals surface area contributed by atoms with Gasteiger partial charge in [0.2, 0.25) is 0 Å². The number of carbonyl (C=O) groups is 1. The summed E-state index contributed by atoms with van der Waals surface area (Å²) in [7, 11) is 3.53. The minimum Gasteiger partial charge on any atom is -0.459 e. The first-order chi connectivity index (χ1) is 31.5. The van der Waals surface area contributed by atoms with Crippen LogP contribution in [0.5, 0.6) is 0 Å². The zero-order chi connectivity index (χ0) is 49.2. The lowest BCUT2D eigenvalue weighted by molar-refractivity contribution is -0.338. The molecule has 0 saturated carbocycles. The van der Waals surface area contributed by atoms with Crippen LogP contribution in [0, 0.1) is 17.8 Å². The Balaban J connectivity index is 1.37. The molecular weight excluding hydrogens is 863 g/mol. The van der Waals surface area contributed by atoms with Crippen LogP contribution in [0.15, 0.2) is 35.3 Å². The van der Waals surface area contributed by atoms with E-state index < -0.39 is 95.5 Å². The van der Waals surface area contributed by atoms with E-state index >= 15 is 0 Å². The number of benzene rings is 1. The molecular formula is C50H85N5O12. The first-order valence-corrected chi connectivity index (χ1v) is 24.9. The van der Waals surface area contributed by atoms with Crippen molar-refractivity contribution in [2.24, 2.45) is 22.7 Å². The molecule has 0 aliphatic carbocycles. The fourth-order valence-electron chi connectivity index (χ4n) is 11.4. The second-order valence-corrected chi connectivity index (χ2v) is 21.2. The summed E-state index contributed by atoms with van der Waals surface area (Å²) in [5, 5.41) is 52.3. The van der Waals surface area contributed by atoms with Crippen molar-refractivity contribution in [3.05, 3.63) is 30.3 Å². The molecule has 5 aliphatic rings. The van der Waals surface area contributed by atoms with E-state index in [1.54, 1.807) is 34.8 Å². The SMILES string of the molecule is CC[C@H]1OC(=O)[C@H](C)[C@@H](O[C@H]2C[C@@](C)(OC)[C@](O)(CN3CCN(CC)CC3)[C@H](C)O2)[C@H](C)[C@@H](O[C@@H]2O[C@H](C)C[C@H]3[C@H]2OC(=Nc2ccccc2)N3C)[C@](C)(O)C[C@@H](C)CN[C@H](C)[C@@H](O)[C@]1(C)O. The van der Waals surface area contributed by atoms with Gasteiger partial charge in [0.25, 0.3) is 6.02 Å². The summed E-state index contributed by atoms with van der Waals surface area (Å²) in [5.41, 5.74) is -5.22. The normalized spacial score (nSPS) is 45.2. The average Bonchev–Trinajstić information content (AvgIpc) is 3.60. The number of aliphatic imine (C=N–C) groups is 1. The zero-order valence-electron chi connectivity index (χ0n) is 42.6. The number of ether oxygens (including phenoxy) is 7. The number of nitrogens with one attached hydrogen (secondary N) is 1. The van der Waals surface area contributed by atoms with Gasteiger partial charge in [0, 0.05) is 65.3 Å². The number of amidine groups is 1. The predicted octanol–water partition coefficient (Wildman–Crippen LogP) is 3.66. The van der Waals surface area contributed by atoms with Gasteiger partial charge in [-0.25, -0.2) is 0 Å². The molecule has 0 unspecified atom stereocenters. The fourth-order valence-corrected chi connectivity index (χ4v) is 11.4. The van der Waals surface area contributed by atoms with Crippen LogP contribution < -0.4 is 5.32 Å². The van der Waals surface area contributed by atoms with Gasteiger partial charge in [0.05, 0.1) is 47.7 Å². The average molecular weight is 948 g/mol. The third kappa shape index (κ3) is 11.7. The summed E-state index contributed by atoms with van der Waals surface area (Å²) in [4.78, 5) is 26.1. The number of hydrogen-bond acceptors (Lipinski definition) is 16. The van der Waals surface area contributed by atoms with Crippen LogP contribution in [0.25, 0.3) is 0 Å². The number of β-amino-alcohol motifs (C(OH)–C–C–N with tert-alkyl or cyclic N) is 1. The molecule has 17 heteroatoms. The fraction of sp³-hybridized carbons (Fsp3) is 0.840. The molecule has 5 N–H and O–H groups in total. The highest BCUT2D eigenvalue weighted by Crippen LogP contribution is 2.44. The molecule has 5 saturated heterocycles. The maximum absolute atomic E-state index is 14.6. The number of aliphatic hydroxyl groups excluding tert-OH is 1. The Morgan fingerprint density at radius 2 is 1.55 bits per heavy atom. The Bertz CT molecular complexity index is 1790. The molecule has 0 bridgehead atoms. The van der Waals surface area contributed by atoms with E-state index in [4.69, 9.17) is 38.2 Å². The predicted molar refractivity (Wildman–Crippen MR) is 254 cm³/mol. The number of carbonyl (C=O) groups excluding carboxylic acids is 1. The number of likely N-dealkylation sites (N-methyl/N-ethyl adjacent to an activating group) is 2. The highest BCUT2D eigenvalue weighted by Gasteiger charge is 2.59. The van der Waals surface area contributed by atoms with Gasteiger partial charge in [-0.05, 0) is 98.9 Å². The Morgan fingerprint density at radius 1 is 0.896 bits per heavy atom. The van der Waals surface area contributed by atoms with Crippen molar-refractivity contribution in [2.75, 3.05) is 60.0 Å². The maximum Gasteiger partial charge on any atom is 0.311 e. The smallest absolute Gasteiger partial charge is 0.311 e. The second kappa shape index (κ2) is 21.9. The minimum atomic E-state index is -1.82. The molecule has 5 heterocycles. The van der Waals surface area contributed by atoms with Crippen LogP contribution in [0.2, 0.25) is 0 Å². The second-order valence-electron chi connectivity index (χ2n) is 21.2. The van der Waals surface area contributed by atoms with E-state index in [1.165, 1.54) is 6.92 Å². The summed E-state index contributed by atoms with van der Waals surface area (Å²) in [6.45, 7) is 25.3. The number of cyclic esters (lactones) is 1. The van der Waals surface area contributed by atoms with Crippen molar-refractivity contribution in [3.63, 3.8) is 0 Å². The Hall–Kier alpha value is -2.52. The molecule has 0 spiro atoms. The Morgan fingerprint density at radius 3 is 2.18 bits per heavy atom. The molecule has 18 atom stereocenters. The molecule has 0 aromatic heterocycles. The molecule has 0 radical (unpaired) electrons. The largest absolute Gasteiger partial charge is 0.459 e. The van der Waals surface area contributed by atoms with Gasteiger partial charge in [-0.2, -0.15) is 4.99 Å². The number of methoxy groups -OCH3 is 1. The molecule has 382 valence electrons. The molecule has 5 aliphatic heterocycles. The van der Waals surface area contributed by atoms with Crippen molar-refractivity contribution < 1.29 is 58.4 Å². The number of nitrogens with zero attached hydrogens (tertiary/aromatic N) is 4. The lowest BCUT2D eigenvalue weighted by Crippen LogP contribution is -2.71.